The molecular weight excluding hydrogens is 392 g/mol. The molecule has 0 unspecified atom stereocenters. The molecule has 0 saturated carbocycles. The van der Waals surface area contributed by atoms with E-state index in [1.165, 1.54) is 0 Å². The molecule has 2 aromatic rings. The van der Waals surface area contributed by atoms with Crippen molar-refractivity contribution in [3.05, 3.63) is 58.6 Å². The van der Waals surface area contributed by atoms with Crippen molar-refractivity contribution in [1.82, 2.24) is 10.2 Å². The van der Waals surface area contributed by atoms with Crippen LogP contribution in [0.15, 0.2) is 42.5 Å². The Labute approximate surface area is 175 Å². The number of ether oxygens (including phenoxy) is 3. The minimum atomic E-state index is -0.147. The number of hydrogen-bond donors (Lipinski definition) is 1. The predicted molar refractivity (Wildman–Crippen MR) is 111 cm³/mol. The molecule has 154 valence electrons. The Balaban J connectivity index is 1.49. The van der Waals surface area contributed by atoms with Gasteiger partial charge in [0.15, 0.2) is 11.5 Å². The maximum Gasteiger partial charge on any atom is 0.251 e. The number of carbonyl (C=O) groups excluding carboxylic acids is 1. The third-order valence-corrected chi connectivity index (χ3v) is 5.56. The summed E-state index contributed by atoms with van der Waals surface area (Å²) in [5.74, 6) is 1.15. The third kappa shape index (κ3) is 4.83. The van der Waals surface area contributed by atoms with Crippen LogP contribution >= 0.6 is 11.6 Å². The Hall–Kier alpha value is -2.28. The van der Waals surface area contributed by atoms with Crippen LogP contribution in [0.3, 0.4) is 0 Å². The Kier molecular flexibility index (Phi) is 6.54. The summed E-state index contributed by atoms with van der Waals surface area (Å²) in [6, 6.07) is 13.1. The van der Waals surface area contributed by atoms with Crippen LogP contribution in [0.4, 0.5) is 0 Å². The van der Waals surface area contributed by atoms with Gasteiger partial charge < -0.3 is 19.5 Å². The van der Waals surface area contributed by atoms with Gasteiger partial charge in [0.1, 0.15) is 0 Å². The summed E-state index contributed by atoms with van der Waals surface area (Å²) in [5, 5.41) is 3.77. The molecule has 2 aliphatic heterocycles. The van der Waals surface area contributed by atoms with Crippen LogP contribution in [-0.2, 0) is 4.74 Å². The van der Waals surface area contributed by atoms with E-state index in [0.717, 1.165) is 25.1 Å². The second kappa shape index (κ2) is 9.48. The van der Waals surface area contributed by atoms with Gasteiger partial charge in [-0.05, 0) is 29.8 Å². The maximum absolute atomic E-state index is 12.8. The Morgan fingerprint density at radius 1 is 1.03 bits per heavy atom. The Morgan fingerprint density at radius 3 is 2.59 bits per heavy atom. The fourth-order valence-corrected chi connectivity index (χ4v) is 3.93. The SMILES string of the molecule is O=C(NC[C@@H](c1ccccc1Cl)N1CCOCC1)c1ccc2c(c1)OCCCO2. The fourth-order valence-electron chi connectivity index (χ4n) is 3.67. The number of morpholine rings is 1. The summed E-state index contributed by atoms with van der Waals surface area (Å²) >= 11 is 6.46. The first kappa shape index (κ1) is 20.0. The standard InChI is InChI=1S/C22H25ClN2O4/c23-18-5-2-1-4-17(18)19(25-8-12-27-13-9-25)15-24-22(26)16-6-7-20-21(14-16)29-11-3-10-28-20/h1-2,4-7,14,19H,3,8-13,15H2,(H,24,26)/t19-/m0/s1. The summed E-state index contributed by atoms with van der Waals surface area (Å²) in [4.78, 5) is 15.1. The van der Waals surface area contributed by atoms with E-state index >= 15 is 0 Å². The van der Waals surface area contributed by atoms with Crippen LogP contribution in [0.2, 0.25) is 5.02 Å². The molecular formula is C22H25ClN2O4. The number of nitrogens with zero attached hydrogens (tertiary/aromatic N) is 1. The quantitative estimate of drug-likeness (QED) is 0.810. The molecule has 1 N–H and O–H groups in total. The first-order valence-corrected chi connectivity index (χ1v) is 10.3. The minimum Gasteiger partial charge on any atom is -0.490 e. The molecule has 0 radical (unpaired) electrons. The van der Waals surface area contributed by atoms with Crippen LogP contribution in [0.5, 0.6) is 11.5 Å². The van der Waals surface area contributed by atoms with Crippen molar-refractivity contribution in [3.63, 3.8) is 0 Å². The lowest BCUT2D eigenvalue weighted by molar-refractivity contribution is 0.0162. The van der Waals surface area contributed by atoms with Gasteiger partial charge in [0, 0.05) is 36.6 Å². The summed E-state index contributed by atoms with van der Waals surface area (Å²) in [6.45, 7) is 4.62. The van der Waals surface area contributed by atoms with E-state index < -0.39 is 0 Å². The molecule has 1 fully saturated rings. The smallest absolute Gasteiger partial charge is 0.251 e. The summed E-state index contributed by atoms with van der Waals surface area (Å²) in [7, 11) is 0. The number of amides is 1. The molecule has 6 nitrogen and oxygen atoms in total. The van der Waals surface area contributed by atoms with E-state index in [4.69, 9.17) is 25.8 Å². The van der Waals surface area contributed by atoms with E-state index in [0.29, 0.717) is 55.1 Å². The Morgan fingerprint density at radius 2 is 1.79 bits per heavy atom. The lowest BCUT2D eigenvalue weighted by Gasteiger charge is -2.35. The highest BCUT2D eigenvalue weighted by atomic mass is 35.5. The highest BCUT2D eigenvalue weighted by molar-refractivity contribution is 6.31. The van der Waals surface area contributed by atoms with Crippen molar-refractivity contribution in [2.75, 3.05) is 46.1 Å². The van der Waals surface area contributed by atoms with E-state index in [1.807, 2.05) is 24.3 Å². The van der Waals surface area contributed by atoms with Crippen LogP contribution in [0.1, 0.15) is 28.4 Å². The molecule has 29 heavy (non-hydrogen) atoms. The lowest BCUT2D eigenvalue weighted by Crippen LogP contribution is -2.44. The van der Waals surface area contributed by atoms with Gasteiger partial charge in [0.2, 0.25) is 0 Å². The van der Waals surface area contributed by atoms with Crippen molar-refractivity contribution < 1.29 is 19.0 Å². The largest absolute Gasteiger partial charge is 0.490 e. The van der Waals surface area contributed by atoms with Crippen molar-refractivity contribution in [2.24, 2.45) is 0 Å². The van der Waals surface area contributed by atoms with Gasteiger partial charge in [0.25, 0.3) is 5.91 Å². The number of hydrogen-bond acceptors (Lipinski definition) is 5. The third-order valence-electron chi connectivity index (χ3n) is 5.22. The molecule has 2 heterocycles. The lowest BCUT2D eigenvalue weighted by atomic mass is 10.0. The number of carbonyl (C=O) groups is 1. The minimum absolute atomic E-state index is 0.0167. The van der Waals surface area contributed by atoms with E-state index in [9.17, 15) is 4.79 Å². The first-order valence-electron chi connectivity index (χ1n) is 9.96. The molecule has 2 aromatic carbocycles. The molecule has 1 amide bonds. The summed E-state index contributed by atoms with van der Waals surface area (Å²) in [5.41, 5.74) is 1.56. The Bertz CT molecular complexity index is 854. The highest BCUT2D eigenvalue weighted by Crippen LogP contribution is 2.31. The predicted octanol–water partition coefficient (Wildman–Crippen LogP) is 3.30. The van der Waals surface area contributed by atoms with Crippen molar-refractivity contribution in [1.29, 1.82) is 0 Å². The van der Waals surface area contributed by atoms with Gasteiger partial charge in [-0.2, -0.15) is 0 Å². The first-order chi connectivity index (χ1) is 14.2. The van der Waals surface area contributed by atoms with Crippen LogP contribution < -0.4 is 14.8 Å². The van der Waals surface area contributed by atoms with Crippen LogP contribution in [0.25, 0.3) is 0 Å². The van der Waals surface area contributed by atoms with E-state index in [2.05, 4.69) is 10.2 Å². The van der Waals surface area contributed by atoms with E-state index in [1.54, 1.807) is 18.2 Å². The van der Waals surface area contributed by atoms with Gasteiger partial charge in [-0.1, -0.05) is 29.8 Å². The molecule has 1 atom stereocenters. The van der Waals surface area contributed by atoms with Crippen LogP contribution in [0, 0.1) is 0 Å². The monoisotopic (exact) mass is 416 g/mol. The topological polar surface area (TPSA) is 60.0 Å². The van der Waals surface area contributed by atoms with Crippen molar-refractivity contribution in [3.8, 4) is 11.5 Å². The zero-order chi connectivity index (χ0) is 20.1. The summed E-state index contributed by atoms with van der Waals surface area (Å²) < 4.78 is 16.8. The van der Waals surface area contributed by atoms with Crippen LogP contribution in [-0.4, -0.2) is 56.9 Å². The molecule has 0 aromatic heterocycles. The molecule has 4 rings (SSSR count). The average molecular weight is 417 g/mol. The molecule has 2 aliphatic rings. The number of nitrogens with one attached hydrogen (secondary N) is 1. The van der Waals surface area contributed by atoms with Gasteiger partial charge >= 0.3 is 0 Å². The average Bonchev–Trinajstić information content (AvgIpc) is 3.00. The zero-order valence-corrected chi connectivity index (χ0v) is 17.0. The number of halogens is 1. The number of rotatable bonds is 5. The van der Waals surface area contributed by atoms with Crippen molar-refractivity contribution >= 4 is 17.5 Å². The second-order valence-electron chi connectivity index (χ2n) is 7.11. The molecule has 0 spiro atoms. The fraction of sp³-hybridized carbons (Fsp3) is 0.409. The zero-order valence-electron chi connectivity index (χ0n) is 16.2. The number of fused-ring (bicyclic) bond motifs is 1. The maximum atomic E-state index is 12.8. The van der Waals surface area contributed by atoms with Gasteiger partial charge in [0.05, 0.1) is 32.5 Å². The normalized spacial score (nSPS) is 18.0. The van der Waals surface area contributed by atoms with Gasteiger partial charge in [-0.3, -0.25) is 9.69 Å². The highest BCUT2D eigenvalue weighted by Gasteiger charge is 2.25. The van der Waals surface area contributed by atoms with Crippen molar-refractivity contribution in [2.45, 2.75) is 12.5 Å². The molecule has 0 bridgehead atoms. The second-order valence-corrected chi connectivity index (χ2v) is 7.51. The number of benzene rings is 2. The molecule has 1 saturated heterocycles. The molecule has 7 heteroatoms. The summed E-state index contributed by atoms with van der Waals surface area (Å²) in [6.07, 6.45) is 0.829. The van der Waals surface area contributed by atoms with Gasteiger partial charge in [-0.15, -0.1) is 0 Å². The van der Waals surface area contributed by atoms with E-state index in [-0.39, 0.29) is 11.9 Å². The molecule has 0 aliphatic carbocycles. The van der Waals surface area contributed by atoms with Gasteiger partial charge in [-0.25, -0.2) is 0 Å².